The molecule has 0 bridgehead atoms. The number of carbonyl (C=O) groups excluding carboxylic acids is 1. The van der Waals surface area contributed by atoms with Gasteiger partial charge in [-0.15, -0.1) is 0 Å². The molecule has 31 heavy (non-hydrogen) atoms. The summed E-state index contributed by atoms with van der Waals surface area (Å²) >= 11 is 0. The highest BCUT2D eigenvalue weighted by atomic mass is 16.5. The molecule has 0 saturated carbocycles. The first-order valence-corrected chi connectivity index (χ1v) is 10.2. The molecule has 0 aliphatic heterocycles. The maximum atomic E-state index is 12.8. The largest absolute Gasteiger partial charge is 0.451 e. The molecule has 0 aliphatic carbocycles. The lowest BCUT2D eigenvalue weighted by atomic mass is 10.1. The maximum absolute atomic E-state index is 12.8. The topological polar surface area (TPSA) is 60.7 Å². The van der Waals surface area contributed by atoms with E-state index in [1.165, 1.54) is 0 Å². The van der Waals surface area contributed by atoms with E-state index in [4.69, 9.17) is 13.9 Å². The zero-order valence-electron chi connectivity index (χ0n) is 17.5. The number of methoxy groups -OCH3 is 1. The number of carbonyl (C=O) groups is 1. The van der Waals surface area contributed by atoms with Crippen LogP contribution in [0.2, 0.25) is 0 Å². The number of ether oxygens (including phenoxy) is 2. The summed E-state index contributed by atoms with van der Waals surface area (Å²) in [5.41, 5.74) is 4.64. The van der Waals surface area contributed by atoms with Gasteiger partial charge in [-0.1, -0.05) is 72.8 Å². The Balaban J connectivity index is 1.38. The lowest BCUT2D eigenvalue weighted by Gasteiger charge is -2.08. The van der Waals surface area contributed by atoms with Gasteiger partial charge in [0, 0.05) is 24.6 Å². The van der Waals surface area contributed by atoms with E-state index in [9.17, 15) is 4.79 Å². The van der Waals surface area contributed by atoms with Gasteiger partial charge in [0.25, 0.3) is 5.91 Å². The van der Waals surface area contributed by atoms with E-state index in [1.54, 1.807) is 7.11 Å². The lowest BCUT2D eigenvalue weighted by Crippen LogP contribution is -2.23. The zero-order valence-corrected chi connectivity index (χ0v) is 17.5. The second kappa shape index (κ2) is 10.1. The normalized spacial score (nSPS) is 11.0. The second-order valence-electron chi connectivity index (χ2n) is 7.32. The van der Waals surface area contributed by atoms with Gasteiger partial charge in [0.1, 0.15) is 5.58 Å². The monoisotopic (exact) mass is 415 g/mol. The summed E-state index contributed by atoms with van der Waals surface area (Å²) in [6, 6.07) is 25.7. The molecule has 5 heteroatoms. The molecule has 0 spiro atoms. The highest BCUT2D eigenvalue weighted by molar-refractivity contribution is 5.99. The van der Waals surface area contributed by atoms with Crippen molar-refractivity contribution in [2.45, 2.75) is 26.4 Å². The van der Waals surface area contributed by atoms with Crippen molar-refractivity contribution in [3.8, 4) is 0 Å². The van der Waals surface area contributed by atoms with Gasteiger partial charge < -0.3 is 19.2 Å². The van der Waals surface area contributed by atoms with Gasteiger partial charge in [-0.3, -0.25) is 4.79 Å². The number of hydrogen-bond acceptors (Lipinski definition) is 4. The predicted molar refractivity (Wildman–Crippen MR) is 119 cm³/mol. The molecule has 5 nitrogen and oxygen atoms in total. The Bertz CT molecular complexity index is 1150. The third kappa shape index (κ3) is 5.20. The van der Waals surface area contributed by atoms with E-state index in [2.05, 4.69) is 5.32 Å². The third-order valence-corrected chi connectivity index (χ3v) is 5.02. The Labute approximate surface area is 181 Å². The first-order chi connectivity index (χ1) is 15.2. The Kier molecular flexibility index (Phi) is 6.77. The lowest BCUT2D eigenvalue weighted by molar-refractivity contribution is 0.0918. The van der Waals surface area contributed by atoms with Gasteiger partial charge in [-0.2, -0.15) is 0 Å². The van der Waals surface area contributed by atoms with Gasteiger partial charge in [0.15, 0.2) is 5.76 Å². The first kappa shape index (κ1) is 20.8. The van der Waals surface area contributed by atoms with Gasteiger partial charge in [-0.25, -0.2) is 0 Å². The van der Waals surface area contributed by atoms with Crippen LogP contribution in [0.15, 0.2) is 83.3 Å². The molecule has 0 radical (unpaired) electrons. The number of hydrogen-bond donors (Lipinski definition) is 1. The van der Waals surface area contributed by atoms with E-state index in [-0.39, 0.29) is 5.91 Å². The van der Waals surface area contributed by atoms with Crippen molar-refractivity contribution in [1.82, 2.24) is 5.32 Å². The third-order valence-electron chi connectivity index (χ3n) is 5.02. The quantitative estimate of drug-likeness (QED) is 0.407. The number of rotatable bonds is 9. The van der Waals surface area contributed by atoms with E-state index in [0.717, 1.165) is 27.6 Å². The van der Waals surface area contributed by atoms with E-state index in [1.807, 2.05) is 78.9 Å². The SMILES string of the molecule is COCc1c(C(=O)NCc2cccc(COCc3ccccc3)c2)oc2ccccc12. The van der Waals surface area contributed by atoms with E-state index < -0.39 is 0 Å². The van der Waals surface area contributed by atoms with Crippen LogP contribution in [0.1, 0.15) is 32.8 Å². The van der Waals surface area contributed by atoms with E-state index >= 15 is 0 Å². The van der Waals surface area contributed by atoms with Crippen LogP contribution < -0.4 is 5.32 Å². The minimum atomic E-state index is -0.256. The minimum absolute atomic E-state index is 0.256. The van der Waals surface area contributed by atoms with Crippen molar-refractivity contribution >= 4 is 16.9 Å². The summed E-state index contributed by atoms with van der Waals surface area (Å²) in [4.78, 5) is 12.8. The molecule has 4 rings (SSSR count). The zero-order chi connectivity index (χ0) is 21.5. The van der Waals surface area contributed by atoms with Crippen molar-refractivity contribution < 1.29 is 18.7 Å². The molecule has 1 amide bonds. The fraction of sp³-hybridized carbons (Fsp3) is 0.192. The molecular weight excluding hydrogens is 390 g/mol. The van der Waals surface area contributed by atoms with Crippen LogP contribution in [0.25, 0.3) is 11.0 Å². The summed E-state index contributed by atoms with van der Waals surface area (Å²) in [6.07, 6.45) is 0. The Hall–Kier alpha value is -3.41. The van der Waals surface area contributed by atoms with Crippen molar-refractivity contribution in [2.24, 2.45) is 0 Å². The van der Waals surface area contributed by atoms with Crippen LogP contribution in [-0.2, 0) is 35.8 Å². The highest BCUT2D eigenvalue weighted by Crippen LogP contribution is 2.26. The van der Waals surface area contributed by atoms with Crippen LogP contribution in [0.3, 0.4) is 0 Å². The Morgan fingerprint density at radius 1 is 0.839 bits per heavy atom. The molecule has 0 unspecified atom stereocenters. The van der Waals surface area contributed by atoms with Crippen LogP contribution in [0.5, 0.6) is 0 Å². The molecule has 0 fully saturated rings. The molecule has 158 valence electrons. The first-order valence-electron chi connectivity index (χ1n) is 10.2. The fourth-order valence-corrected chi connectivity index (χ4v) is 3.52. The second-order valence-corrected chi connectivity index (χ2v) is 7.32. The number of furan rings is 1. The van der Waals surface area contributed by atoms with Crippen molar-refractivity contribution in [2.75, 3.05) is 7.11 Å². The summed E-state index contributed by atoms with van der Waals surface area (Å²) in [6.45, 7) is 1.79. The van der Waals surface area contributed by atoms with Gasteiger partial charge in [-0.05, 0) is 22.8 Å². The van der Waals surface area contributed by atoms with Crippen LogP contribution in [-0.4, -0.2) is 13.0 Å². The minimum Gasteiger partial charge on any atom is -0.451 e. The van der Waals surface area contributed by atoms with Crippen LogP contribution in [0, 0.1) is 0 Å². The number of nitrogens with one attached hydrogen (secondary N) is 1. The average molecular weight is 415 g/mol. The summed E-state index contributed by atoms with van der Waals surface area (Å²) in [5.74, 6) is 0.0411. The van der Waals surface area contributed by atoms with Crippen molar-refractivity contribution in [3.63, 3.8) is 0 Å². The Morgan fingerprint density at radius 3 is 2.39 bits per heavy atom. The molecule has 4 aromatic rings. The average Bonchev–Trinajstić information content (AvgIpc) is 3.17. The van der Waals surface area contributed by atoms with Gasteiger partial charge in [0.05, 0.1) is 19.8 Å². The number of fused-ring (bicyclic) bond motifs is 1. The molecule has 0 aliphatic rings. The maximum Gasteiger partial charge on any atom is 0.287 e. The van der Waals surface area contributed by atoms with Crippen molar-refractivity contribution in [1.29, 1.82) is 0 Å². The molecule has 1 heterocycles. The molecule has 0 atom stereocenters. The number of amides is 1. The molecule has 1 aromatic heterocycles. The number of benzene rings is 3. The van der Waals surface area contributed by atoms with Crippen LogP contribution >= 0.6 is 0 Å². The molecule has 1 N–H and O–H groups in total. The highest BCUT2D eigenvalue weighted by Gasteiger charge is 2.20. The summed E-state index contributed by atoms with van der Waals surface area (Å²) < 4.78 is 16.9. The molecule has 0 saturated heterocycles. The summed E-state index contributed by atoms with van der Waals surface area (Å²) in [5, 5.41) is 3.85. The van der Waals surface area contributed by atoms with E-state index in [0.29, 0.717) is 37.7 Å². The Morgan fingerprint density at radius 2 is 1.55 bits per heavy atom. The van der Waals surface area contributed by atoms with Crippen LogP contribution in [0.4, 0.5) is 0 Å². The fourth-order valence-electron chi connectivity index (χ4n) is 3.52. The number of para-hydroxylation sites is 1. The molecular formula is C26H25NO4. The van der Waals surface area contributed by atoms with Gasteiger partial charge in [0.2, 0.25) is 0 Å². The standard InChI is InChI=1S/C26H25NO4/c1-29-18-23-22-12-5-6-13-24(22)31-25(23)26(28)27-15-20-10-7-11-21(14-20)17-30-16-19-8-3-2-4-9-19/h2-14H,15-18H2,1H3,(H,27,28). The van der Waals surface area contributed by atoms with Crippen molar-refractivity contribution in [3.05, 3.63) is 107 Å². The smallest absolute Gasteiger partial charge is 0.287 e. The van der Waals surface area contributed by atoms with Gasteiger partial charge >= 0.3 is 0 Å². The predicted octanol–water partition coefficient (Wildman–Crippen LogP) is 5.23. The molecule has 3 aromatic carbocycles. The summed E-state index contributed by atoms with van der Waals surface area (Å²) in [7, 11) is 1.61.